The van der Waals surface area contributed by atoms with Crippen molar-refractivity contribution in [2.45, 2.75) is 19.5 Å². The predicted molar refractivity (Wildman–Crippen MR) is 78.5 cm³/mol. The highest BCUT2D eigenvalue weighted by molar-refractivity contribution is 5.42. The first-order valence-corrected chi connectivity index (χ1v) is 6.85. The Hall–Kier alpha value is -2.01. The second-order valence-corrected chi connectivity index (χ2v) is 5.35. The van der Waals surface area contributed by atoms with Crippen LogP contribution >= 0.6 is 0 Å². The second kappa shape index (κ2) is 5.54. The molecule has 3 rings (SSSR count). The van der Waals surface area contributed by atoms with Crippen molar-refractivity contribution in [3.63, 3.8) is 0 Å². The van der Waals surface area contributed by atoms with Crippen LogP contribution in [0.4, 0.5) is 5.82 Å². The molecule has 0 radical (unpaired) electrons. The third kappa shape index (κ3) is 2.77. The summed E-state index contributed by atoms with van der Waals surface area (Å²) in [5.74, 6) is 1.03. The van der Waals surface area contributed by atoms with Crippen molar-refractivity contribution in [3.05, 3.63) is 48.2 Å². The van der Waals surface area contributed by atoms with Gasteiger partial charge in [0.25, 0.3) is 0 Å². The van der Waals surface area contributed by atoms with Crippen LogP contribution in [-0.4, -0.2) is 46.0 Å². The van der Waals surface area contributed by atoms with Crippen LogP contribution in [-0.2, 0) is 6.54 Å². The molecule has 1 aliphatic rings. The summed E-state index contributed by atoms with van der Waals surface area (Å²) >= 11 is 0. The van der Waals surface area contributed by atoms with Crippen LogP contribution in [0, 0.1) is 6.92 Å². The predicted octanol–water partition coefficient (Wildman–Crippen LogP) is 1.50. The first-order chi connectivity index (χ1) is 9.72. The van der Waals surface area contributed by atoms with Crippen molar-refractivity contribution >= 4 is 5.82 Å². The van der Waals surface area contributed by atoms with Crippen LogP contribution in [0.3, 0.4) is 0 Å². The van der Waals surface area contributed by atoms with Crippen molar-refractivity contribution in [3.8, 4) is 0 Å². The summed E-state index contributed by atoms with van der Waals surface area (Å²) in [5, 5.41) is 0. The van der Waals surface area contributed by atoms with Crippen LogP contribution in [0.25, 0.3) is 0 Å². The highest BCUT2D eigenvalue weighted by atomic mass is 15.3. The Morgan fingerprint density at radius 1 is 1.35 bits per heavy atom. The first kappa shape index (κ1) is 13.0. The molecule has 2 aromatic heterocycles. The van der Waals surface area contributed by atoms with Crippen LogP contribution in [0.2, 0.25) is 0 Å². The Labute approximate surface area is 119 Å². The fourth-order valence-electron chi connectivity index (χ4n) is 2.44. The second-order valence-electron chi connectivity index (χ2n) is 5.35. The van der Waals surface area contributed by atoms with E-state index in [0.29, 0.717) is 6.04 Å². The topological polar surface area (TPSA) is 45.2 Å². The zero-order chi connectivity index (χ0) is 13.9. The third-order valence-corrected chi connectivity index (χ3v) is 3.75. The molecule has 5 heteroatoms. The van der Waals surface area contributed by atoms with Gasteiger partial charge in [-0.25, -0.2) is 9.97 Å². The zero-order valence-corrected chi connectivity index (χ0v) is 11.9. The maximum Gasteiger partial charge on any atom is 0.132 e. The van der Waals surface area contributed by atoms with E-state index in [4.69, 9.17) is 0 Å². The molecule has 0 atom stereocenters. The Balaban J connectivity index is 1.55. The molecule has 1 fully saturated rings. The van der Waals surface area contributed by atoms with E-state index < -0.39 is 0 Å². The SMILES string of the molecule is Cc1cc(N2CC(N(C)Cc3cccnc3)C2)ncn1. The van der Waals surface area contributed by atoms with Gasteiger partial charge in [0.05, 0.1) is 0 Å². The van der Waals surface area contributed by atoms with Crippen molar-refractivity contribution < 1.29 is 0 Å². The molecule has 104 valence electrons. The number of likely N-dealkylation sites (N-methyl/N-ethyl adjacent to an activating group) is 1. The number of aromatic nitrogens is 3. The molecule has 0 N–H and O–H groups in total. The van der Waals surface area contributed by atoms with Crippen LogP contribution < -0.4 is 4.90 Å². The molecule has 0 bridgehead atoms. The Bertz CT molecular complexity index is 565. The lowest BCUT2D eigenvalue weighted by atomic mass is 10.1. The lowest BCUT2D eigenvalue weighted by molar-refractivity contribution is 0.196. The molecule has 20 heavy (non-hydrogen) atoms. The first-order valence-electron chi connectivity index (χ1n) is 6.85. The lowest BCUT2D eigenvalue weighted by Gasteiger charge is -2.44. The summed E-state index contributed by atoms with van der Waals surface area (Å²) in [4.78, 5) is 17.3. The van der Waals surface area contributed by atoms with E-state index in [2.05, 4.69) is 37.9 Å². The number of anilines is 1. The Kier molecular flexibility index (Phi) is 3.60. The molecule has 1 aliphatic heterocycles. The minimum Gasteiger partial charge on any atom is -0.353 e. The number of nitrogens with zero attached hydrogens (tertiary/aromatic N) is 5. The number of rotatable bonds is 4. The van der Waals surface area contributed by atoms with Gasteiger partial charge in [0.2, 0.25) is 0 Å². The van der Waals surface area contributed by atoms with E-state index in [9.17, 15) is 0 Å². The highest BCUT2D eigenvalue weighted by Gasteiger charge is 2.30. The van der Waals surface area contributed by atoms with Gasteiger partial charge in [-0.2, -0.15) is 0 Å². The molecule has 3 heterocycles. The summed E-state index contributed by atoms with van der Waals surface area (Å²) in [6.07, 6.45) is 5.38. The summed E-state index contributed by atoms with van der Waals surface area (Å²) < 4.78 is 0. The van der Waals surface area contributed by atoms with Gasteiger partial charge in [0, 0.05) is 49.8 Å². The largest absolute Gasteiger partial charge is 0.353 e. The molecule has 0 unspecified atom stereocenters. The van der Waals surface area contributed by atoms with E-state index in [-0.39, 0.29) is 0 Å². The van der Waals surface area contributed by atoms with Gasteiger partial charge in [0.15, 0.2) is 0 Å². The number of hydrogen-bond acceptors (Lipinski definition) is 5. The fraction of sp³-hybridized carbons (Fsp3) is 0.400. The standard InChI is InChI=1S/C15H19N5/c1-12-6-15(18-11-17-12)20-9-14(10-20)19(2)8-13-4-3-5-16-7-13/h3-7,11,14H,8-10H2,1-2H3. The molecule has 0 aromatic carbocycles. The van der Waals surface area contributed by atoms with Crippen molar-refractivity contribution in [1.29, 1.82) is 0 Å². The lowest BCUT2D eigenvalue weighted by Crippen LogP contribution is -2.58. The molecule has 0 aliphatic carbocycles. The van der Waals surface area contributed by atoms with E-state index in [0.717, 1.165) is 31.1 Å². The smallest absolute Gasteiger partial charge is 0.132 e. The monoisotopic (exact) mass is 269 g/mol. The van der Waals surface area contributed by atoms with Crippen molar-refractivity contribution in [1.82, 2.24) is 19.9 Å². The maximum absolute atomic E-state index is 4.33. The summed E-state index contributed by atoms with van der Waals surface area (Å²) in [5.41, 5.74) is 2.27. The number of pyridine rings is 1. The van der Waals surface area contributed by atoms with E-state index in [1.807, 2.05) is 31.5 Å². The third-order valence-electron chi connectivity index (χ3n) is 3.75. The summed E-state index contributed by atoms with van der Waals surface area (Å²) in [7, 11) is 2.17. The van der Waals surface area contributed by atoms with Gasteiger partial charge >= 0.3 is 0 Å². The maximum atomic E-state index is 4.33. The Morgan fingerprint density at radius 2 is 2.20 bits per heavy atom. The molecule has 0 spiro atoms. The molecule has 5 nitrogen and oxygen atoms in total. The van der Waals surface area contributed by atoms with Gasteiger partial charge in [0.1, 0.15) is 12.1 Å². The molecular formula is C15H19N5. The molecular weight excluding hydrogens is 250 g/mol. The van der Waals surface area contributed by atoms with Crippen molar-refractivity contribution in [2.24, 2.45) is 0 Å². The summed E-state index contributed by atoms with van der Waals surface area (Å²) in [6, 6.07) is 6.72. The minimum absolute atomic E-state index is 0.575. The molecule has 0 saturated carbocycles. The zero-order valence-electron chi connectivity index (χ0n) is 11.9. The molecule has 2 aromatic rings. The van der Waals surface area contributed by atoms with Gasteiger partial charge in [-0.3, -0.25) is 9.88 Å². The number of aryl methyl sites for hydroxylation is 1. The average molecular weight is 269 g/mol. The average Bonchev–Trinajstić information content (AvgIpc) is 2.38. The Morgan fingerprint density at radius 3 is 2.90 bits per heavy atom. The van der Waals surface area contributed by atoms with Crippen LogP contribution in [0.5, 0.6) is 0 Å². The van der Waals surface area contributed by atoms with Gasteiger partial charge < -0.3 is 4.90 Å². The van der Waals surface area contributed by atoms with Gasteiger partial charge in [-0.1, -0.05) is 6.07 Å². The minimum atomic E-state index is 0.575. The number of hydrogen-bond donors (Lipinski definition) is 0. The fourth-order valence-corrected chi connectivity index (χ4v) is 2.44. The molecule has 1 saturated heterocycles. The summed E-state index contributed by atoms with van der Waals surface area (Å²) in [6.45, 7) is 4.98. The quantitative estimate of drug-likeness (QED) is 0.841. The van der Waals surface area contributed by atoms with Crippen molar-refractivity contribution in [2.75, 3.05) is 25.0 Å². The van der Waals surface area contributed by atoms with E-state index >= 15 is 0 Å². The van der Waals surface area contributed by atoms with Crippen LogP contribution in [0.1, 0.15) is 11.3 Å². The van der Waals surface area contributed by atoms with Crippen LogP contribution in [0.15, 0.2) is 36.9 Å². The highest BCUT2D eigenvalue weighted by Crippen LogP contribution is 2.22. The van der Waals surface area contributed by atoms with E-state index in [1.165, 1.54) is 5.56 Å². The van der Waals surface area contributed by atoms with Gasteiger partial charge in [-0.05, 0) is 25.6 Å². The molecule has 0 amide bonds. The van der Waals surface area contributed by atoms with E-state index in [1.54, 1.807) is 6.33 Å². The normalized spacial score (nSPS) is 15.4. The van der Waals surface area contributed by atoms with Gasteiger partial charge in [-0.15, -0.1) is 0 Å².